The Morgan fingerprint density at radius 3 is 2.28 bits per heavy atom. The van der Waals surface area contributed by atoms with Crippen LogP contribution in [0.15, 0.2) is 54.7 Å². The molecule has 8 heteroatoms. The Morgan fingerprint density at radius 2 is 1.66 bits per heavy atom. The van der Waals surface area contributed by atoms with Gasteiger partial charge >= 0.3 is 0 Å². The highest BCUT2D eigenvalue weighted by Crippen LogP contribution is 2.18. The number of nitrogens with one attached hydrogen (secondary N) is 2. The molecular weight excluding hydrogens is 372 g/mol. The lowest BCUT2D eigenvalue weighted by Crippen LogP contribution is -2.22. The van der Waals surface area contributed by atoms with Crippen LogP contribution in [0.4, 0.5) is 5.69 Å². The first-order valence-corrected chi connectivity index (χ1v) is 8.90. The number of ether oxygens (including phenoxy) is 2. The first kappa shape index (κ1) is 19.9. The molecule has 150 valence electrons. The Bertz CT molecular complexity index is 995. The summed E-state index contributed by atoms with van der Waals surface area (Å²) in [6.45, 7) is 0.405. The molecule has 0 atom stereocenters. The van der Waals surface area contributed by atoms with Gasteiger partial charge in [0, 0.05) is 31.0 Å². The van der Waals surface area contributed by atoms with Gasteiger partial charge in [-0.1, -0.05) is 12.1 Å². The summed E-state index contributed by atoms with van der Waals surface area (Å²) in [7, 11) is 4.77. The van der Waals surface area contributed by atoms with Crippen LogP contribution in [-0.4, -0.2) is 35.8 Å². The van der Waals surface area contributed by atoms with Crippen LogP contribution in [0.2, 0.25) is 0 Å². The molecule has 29 heavy (non-hydrogen) atoms. The Morgan fingerprint density at radius 1 is 0.966 bits per heavy atom. The third-order valence-electron chi connectivity index (χ3n) is 4.25. The third-order valence-corrected chi connectivity index (χ3v) is 4.25. The van der Waals surface area contributed by atoms with Crippen molar-refractivity contribution in [3.8, 4) is 11.6 Å². The Hall–Kier alpha value is -3.81. The Balaban J connectivity index is 1.58. The Labute approximate surface area is 168 Å². The molecule has 0 aliphatic rings. The summed E-state index contributed by atoms with van der Waals surface area (Å²) in [5, 5.41) is 9.69. The molecule has 0 fully saturated rings. The smallest absolute Gasteiger partial charge is 0.262 e. The molecular formula is C21H22N4O4. The molecule has 0 spiro atoms. The number of carbonyl (C=O) groups is 2. The molecule has 2 amide bonds. The molecule has 2 N–H and O–H groups in total. The highest BCUT2D eigenvalue weighted by atomic mass is 16.5. The van der Waals surface area contributed by atoms with E-state index in [1.54, 1.807) is 44.6 Å². The normalized spacial score (nSPS) is 10.3. The molecule has 0 saturated heterocycles. The van der Waals surface area contributed by atoms with E-state index >= 15 is 0 Å². The van der Waals surface area contributed by atoms with Crippen molar-refractivity contribution in [2.75, 3.05) is 19.5 Å². The zero-order chi connectivity index (χ0) is 20.8. The van der Waals surface area contributed by atoms with E-state index in [2.05, 4.69) is 15.7 Å². The number of aryl methyl sites for hydroxylation is 1. The number of hydrogen-bond donors (Lipinski definition) is 2. The summed E-state index contributed by atoms with van der Waals surface area (Å²) >= 11 is 0. The van der Waals surface area contributed by atoms with Crippen molar-refractivity contribution < 1.29 is 19.1 Å². The quantitative estimate of drug-likeness (QED) is 0.642. The predicted molar refractivity (Wildman–Crippen MR) is 108 cm³/mol. The molecule has 2 aromatic carbocycles. The van der Waals surface area contributed by atoms with Gasteiger partial charge in [-0.25, -0.2) is 0 Å². The third kappa shape index (κ3) is 4.92. The lowest BCUT2D eigenvalue weighted by atomic mass is 10.1. The van der Waals surface area contributed by atoms with E-state index < -0.39 is 0 Å². The van der Waals surface area contributed by atoms with E-state index in [0.29, 0.717) is 23.4 Å². The maximum atomic E-state index is 12.4. The zero-order valence-corrected chi connectivity index (χ0v) is 16.4. The van der Waals surface area contributed by atoms with E-state index in [1.807, 2.05) is 24.3 Å². The monoisotopic (exact) mass is 394 g/mol. The average Bonchev–Trinajstić information content (AvgIpc) is 3.14. The first-order valence-electron chi connectivity index (χ1n) is 8.90. The molecule has 3 aromatic rings. The van der Waals surface area contributed by atoms with Gasteiger partial charge in [-0.05, 0) is 42.0 Å². The molecule has 1 aromatic heterocycles. The fraction of sp³-hybridized carbons (Fsp3) is 0.190. The van der Waals surface area contributed by atoms with Gasteiger partial charge in [0.25, 0.3) is 11.8 Å². The van der Waals surface area contributed by atoms with E-state index in [0.717, 1.165) is 11.3 Å². The van der Waals surface area contributed by atoms with E-state index in [9.17, 15) is 9.59 Å². The molecule has 1 heterocycles. The van der Waals surface area contributed by atoms with Crippen LogP contribution in [0.1, 0.15) is 26.3 Å². The van der Waals surface area contributed by atoms with E-state index in [1.165, 1.54) is 11.8 Å². The van der Waals surface area contributed by atoms with Gasteiger partial charge in [0.2, 0.25) is 5.88 Å². The van der Waals surface area contributed by atoms with E-state index in [-0.39, 0.29) is 17.7 Å². The summed E-state index contributed by atoms with van der Waals surface area (Å²) in [5.41, 5.74) is 2.35. The number of nitrogens with zero attached hydrogens (tertiary/aromatic N) is 2. The topological polar surface area (TPSA) is 94.5 Å². The largest absolute Gasteiger partial charge is 0.497 e. The van der Waals surface area contributed by atoms with Crippen LogP contribution in [0.5, 0.6) is 11.6 Å². The summed E-state index contributed by atoms with van der Waals surface area (Å²) in [6, 6.07) is 14.1. The van der Waals surface area contributed by atoms with E-state index in [4.69, 9.17) is 9.47 Å². The fourth-order valence-corrected chi connectivity index (χ4v) is 2.71. The van der Waals surface area contributed by atoms with Gasteiger partial charge in [-0.3, -0.25) is 14.3 Å². The van der Waals surface area contributed by atoms with Crippen LogP contribution in [0, 0.1) is 0 Å². The molecule has 0 saturated carbocycles. The number of rotatable bonds is 7. The minimum absolute atomic E-state index is 0.201. The van der Waals surface area contributed by atoms with Crippen molar-refractivity contribution in [2.45, 2.75) is 6.54 Å². The van der Waals surface area contributed by atoms with Crippen LogP contribution in [0.3, 0.4) is 0 Å². The lowest BCUT2D eigenvalue weighted by molar-refractivity contribution is 0.0950. The molecule has 0 aliphatic heterocycles. The zero-order valence-electron chi connectivity index (χ0n) is 16.4. The van der Waals surface area contributed by atoms with Gasteiger partial charge in [0.15, 0.2) is 0 Å². The molecule has 0 bridgehead atoms. The van der Waals surface area contributed by atoms with Gasteiger partial charge in [-0.2, -0.15) is 0 Å². The van der Waals surface area contributed by atoms with Crippen LogP contribution < -0.4 is 20.1 Å². The highest BCUT2D eigenvalue weighted by Gasteiger charge is 2.16. The van der Waals surface area contributed by atoms with Crippen molar-refractivity contribution in [2.24, 2.45) is 7.05 Å². The summed E-state index contributed by atoms with van der Waals surface area (Å²) in [6.07, 6.45) is 1.58. The van der Waals surface area contributed by atoms with Crippen molar-refractivity contribution in [1.29, 1.82) is 0 Å². The number of methoxy groups -OCH3 is 2. The number of hydrogen-bond acceptors (Lipinski definition) is 5. The minimum Gasteiger partial charge on any atom is -0.497 e. The van der Waals surface area contributed by atoms with Crippen LogP contribution in [-0.2, 0) is 13.6 Å². The summed E-state index contributed by atoms with van der Waals surface area (Å²) in [5.74, 6) is 0.473. The van der Waals surface area contributed by atoms with Crippen molar-refractivity contribution in [3.05, 3.63) is 71.4 Å². The van der Waals surface area contributed by atoms with Gasteiger partial charge in [-0.15, -0.1) is 5.10 Å². The predicted octanol–water partition coefficient (Wildman–Crippen LogP) is 2.62. The van der Waals surface area contributed by atoms with Crippen LogP contribution >= 0.6 is 0 Å². The fourth-order valence-electron chi connectivity index (χ4n) is 2.71. The molecule has 0 radical (unpaired) electrons. The second-order valence-electron chi connectivity index (χ2n) is 6.29. The number of anilines is 1. The van der Waals surface area contributed by atoms with Gasteiger partial charge < -0.3 is 20.1 Å². The van der Waals surface area contributed by atoms with Crippen molar-refractivity contribution >= 4 is 17.5 Å². The minimum atomic E-state index is -0.341. The first-order chi connectivity index (χ1) is 14.0. The number of carbonyl (C=O) groups excluding carboxylic acids is 2. The van der Waals surface area contributed by atoms with Crippen molar-refractivity contribution in [3.63, 3.8) is 0 Å². The Kier molecular flexibility index (Phi) is 6.13. The standard InChI is InChI=1S/C21H22N4O4/c1-25-13-18(21(24-25)29-3)20(27)23-16-8-6-15(7-9-16)19(26)22-12-14-4-10-17(28-2)11-5-14/h4-11,13H,12H2,1-3H3,(H,22,26)(H,23,27). The molecule has 0 aliphatic carbocycles. The maximum absolute atomic E-state index is 12.4. The summed E-state index contributed by atoms with van der Waals surface area (Å²) < 4.78 is 11.7. The molecule has 0 unspecified atom stereocenters. The number of amides is 2. The maximum Gasteiger partial charge on any atom is 0.262 e. The van der Waals surface area contributed by atoms with Crippen LogP contribution in [0.25, 0.3) is 0 Å². The molecule has 3 rings (SSSR count). The SMILES string of the molecule is COc1ccc(CNC(=O)c2ccc(NC(=O)c3cn(C)nc3OC)cc2)cc1. The average molecular weight is 394 g/mol. The number of aromatic nitrogens is 2. The highest BCUT2D eigenvalue weighted by molar-refractivity contribution is 6.06. The van der Waals surface area contributed by atoms with Gasteiger partial charge in [0.05, 0.1) is 14.2 Å². The van der Waals surface area contributed by atoms with Gasteiger partial charge in [0.1, 0.15) is 11.3 Å². The second-order valence-corrected chi connectivity index (χ2v) is 6.29. The number of benzene rings is 2. The lowest BCUT2D eigenvalue weighted by Gasteiger charge is -2.08. The second kappa shape index (κ2) is 8.92. The van der Waals surface area contributed by atoms with Crippen molar-refractivity contribution in [1.82, 2.24) is 15.1 Å². The molecule has 8 nitrogen and oxygen atoms in total. The summed E-state index contributed by atoms with van der Waals surface area (Å²) in [4.78, 5) is 24.7.